The predicted octanol–water partition coefficient (Wildman–Crippen LogP) is 1.74. The van der Waals surface area contributed by atoms with E-state index in [1.54, 1.807) is 12.3 Å². The van der Waals surface area contributed by atoms with Gasteiger partial charge in [0.25, 0.3) is 0 Å². The van der Waals surface area contributed by atoms with Crippen LogP contribution in [0.3, 0.4) is 0 Å². The maximum absolute atomic E-state index is 9.45. The lowest BCUT2D eigenvalue weighted by Gasteiger charge is -2.17. The molecule has 106 valence electrons. The minimum atomic E-state index is -0.119. The van der Waals surface area contributed by atoms with E-state index < -0.39 is 0 Å². The first-order valence-electron chi connectivity index (χ1n) is 6.50. The minimum absolute atomic E-state index is 0.00547. The molecule has 1 atom stereocenters. The number of nitrogens with zero attached hydrogens (tertiary/aromatic N) is 3. The van der Waals surface area contributed by atoms with Gasteiger partial charge in [-0.1, -0.05) is 5.57 Å². The number of anilines is 2. The Balaban J connectivity index is 2.25. The monoisotopic (exact) mass is 273 g/mol. The third-order valence-corrected chi connectivity index (χ3v) is 2.95. The molecule has 1 unspecified atom stereocenters. The molecule has 0 fully saturated rings. The van der Waals surface area contributed by atoms with Crippen LogP contribution in [0.15, 0.2) is 30.5 Å². The number of hydrogen-bond donors (Lipinski definition) is 3. The molecule has 0 radical (unpaired) electrons. The topological polar surface area (TPSA) is 97.0 Å². The third kappa shape index (κ3) is 3.42. The molecule has 0 saturated carbocycles. The van der Waals surface area contributed by atoms with E-state index in [0.29, 0.717) is 16.9 Å². The number of nitrogens with one attached hydrogen (secondary N) is 1. The smallest absolute Gasteiger partial charge is 0.222 e. The van der Waals surface area contributed by atoms with E-state index in [9.17, 15) is 5.11 Å². The van der Waals surface area contributed by atoms with Crippen LogP contribution in [-0.4, -0.2) is 32.7 Å². The third-order valence-electron chi connectivity index (χ3n) is 2.95. The Bertz CT molecular complexity index is 614. The van der Waals surface area contributed by atoms with Crippen molar-refractivity contribution in [2.24, 2.45) is 0 Å². The van der Waals surface area contributed by atoms with E-state index in [1.807, 2.05) is 13.0 Å². The van der Waals surface area contributed by atoms with Gasteiger partial charge in [0.15, 0.2) is 5.82 Å². The number of nitrogen functional groups attached to an aromatic ring is 1. The summed E-state index contributed by atoms with van der Waals surface area (Å²) in [5, 5.41) is 12.6. The van der Waals surface area contributed by atoms with Crippen LogP contribution in [0.4, 0.5) is 11.8 Å². The summed E-state index contributed by atoms with van der Waals surface area (Å²) in [7, 11) is 0. The Kier molecular flexibility index (Phi) is 4.47. The van der Waals surface area contributed by atoms with Crippen molar-refractivity contribution >= 4 is 22.8 Å². The van der Waals surface area contributed by atoms with Crippen LogP contribution in [-0.2, 0) is 0 Å². The van der Waals surface area contributed by atoms with Crippen molar-refractivity contribution in [1.82, 2.24) is 15.0 Å². The molecule has 6 heteroatoms. The number of hydrogen-bond acceptors (Lipinski definition) is 6. The van der Waals surface area contributed by atoms with Crippen molar-refractivity contribution in [1.29, 1.82) is 0 Å². The fourth-order valence-electron chi connectivity index (χ4n) is 1.91. The molecule has 0 aliphatic heterocycles. The summed E-state index contributed by atoms with van der Waals surface area (Å²) in [6.07, 6.45) is 3.28. The summed E-state index contributed by atoms with van der Waals surface area (Å²) in [6.45, 7) is 5.84. The number of fused-ring (bicyclic) bond motifs is 1. The van der Waals surface area contributed by atoms with Gasteiger partial charge in [0.1, 0.15) is 5.52 Å². The van der Waals surface area contributed by atoms with Crippen molar-refractivity contribution in [3.63, 3.8) is 0 Å². The second-order valence-electron chi connectivity index (χ2n) is 4.82. The molecule has 2 aromatic rings. The number of aliphatic hydroxyl groups excluding tert-OH is 1. The van der Waals surface area contributed by atoms with E-state index in [0.717, 1.165) is 18.4 Å². The molecule has 2 rings (SSSR count). The van der Waals surface area contributed by atoms with Crippen LogP contribution >= 0.6 is 0 Å². The Morgan fingerprint density at radius 3 is 3.00 bits per heavy atom. The number of nitrogens with two attached hydrogens (primary N) is 1. The molecule has 20 heavy (non-hydrogen) atoms. The summed E-state index contributed by atoms with van der Waals surface area (Å²) in [5.74, 6) is 0.735. The maximum Gasteiger partial charge on any atom is 0.222 e. The van der Waals surface area contributed by atoms with Crippen molar-refractivity contribution in [3.8, 4) is 0 Å². The molecule has 0 saturated heterocycles. The van der Waals surface area contributed by atoms with E-state index in [1.165, 1.54) is 0 Å². The number of aromatic nitrogens is 3. The number of allylic oxidation sites excluding steroid dienone is 1. The second kappa shape index (κ2) is 6.29. The van der Waals surface area contributed by atoms with Gasteiger partial charge in [-0.25, -0.2) is 4.98 Å². The highest BCUT2D eigenvalue weighted by Gasteiger charge is 2.12. The lowest BCUT2D eigenvalue weighted by atomic mass is 10.1. The highest BCUT2D eigenvalue weighted by atomic mass is 16.3. The summed E-state index contributed by atoms with van der Waals surface area (Å²) in [6, 6.07) is 3.50. The molecule has 2 heterocycles. The summed E-state index contributed by atoms with van der Waals surface area (Å²) >= 11 is 0. The molecule has 0 aliphatic rings. The Hall–Kier alpha value is -2.21. The zero-order valence-electron chi connectivity index (χ0n) is 11.5. The van der Waals surface area contributed by atoms with Crippen molar-refractivity contribution in [3.05, 3.63) is 30.5 Å². The average Bonchev–Trinajstić information content (AvgIpc) is 2.42. The Morgan fingerprint density at radius 1 is 1.50 bits per heavy atom. The van der Waals surface area contributed by atoms with Gasteiger partial charge >= 0.3 is 0 Å². The van der Waals surface area contributed by atoms with Gasteiger partial charge in [0, 0.05) is 6.20 Å². The van der Waals surface area contributed by atoms with Crippen LogP contribution in [0, 0.1) is 0 Å². The first-order chi connectivity index (χ1) is 9.60. The summed E-state index contributed by atoms with van der Waals surface area (Å²) < 4.78 is 0. The van der Waals surface area contributed by atoms with Crippen LogP contribution in [0.2, 0.25) is 0 Å². The van der Waals surface area contributed by atoms with Gasteiger partial charge < -0.3 is 16.2 Å². The van der Waals surface area contributed by atoms with Crippen molar-refractivity contribution in [2.75, 3.05) is 17.7 Å². The largest absolute Gasteiger partial charge is 0.394 e. The molecular formula is C14H19N5O. The molecule has 0 aliphatic carbocycles. The molecule has 4 N–H and O–H groups in total. The molecule has 0 spiro atoms. The van der Waals surface area contributed by atoms with Crippen LogP contribution in [0.1, 0.15) is 19.8 Å². The molecule has 0 amide bonds. The molecular weight excluding hydrogens is 254 g/mol. The lowest BCUT2D eigenvalue weighted by molar-refractivity contribution is 0.269. The fraction of sp³-hybridized carbons (Fsp3) is 0.357. The standard InChI is InChI=1S/C14H19N5O/c1-9(2)5-6-10(8-20)17-13-12-11(4-3-7-16-12)18-14(15)19-13/h3-4,7,10,20H,1,5-6,8H2,2H3,(H3,15,17,18,19). The van der Waals surface area contributed by atoms with Crippen molar-refractivity contribution in [2.45, 2.75) is 25.8 Å². The Labute approximate surface area is 117 Å². The van der Waals surface area contributed by atoms with Gasteiger partial charge in [-0.15, -0.1) is 6.58 Å². The number of rotatable bonds is 6. The fourth-order valence-corrected chi connectivity index (χ4v) is 1.91. The van der Waals surface area contributed by atoms with Gasteiger partial charge in [-0.3, -0.25) is 4.98 Å². The predicted molar refractivity (Wildman–Crippen MR) is 80.3 cm³/mol. The molecule has 2 aromatic heterocycles. The number of aliphatic hydroxyl groups is 1. The molecule has 0 aromatic carbocycles. The van der Waals surface area contributed by atoms with Gasteiger partial charge in [-0.2, -0.15) is 4.98 Å². The zero-order valence-corrected chi connectivity index (χ0v) is 11.5. The quantitative estimate of drug-likeness (QED) is 0.694. The zero-order chi connectivity index (χ0) is 14.5. The van der Waals surface area contributed by atoms with Crippen LogP contribution in [0.5, 0.6) is 0 Å². The van der Waals surface area contributed by atoms with E-state index >= 15 is 0 Å². The summed E-state index contributed by atoms with van der Waals surface area (Å²) in [4.78, 5) is 12.6. The molecule has 6 nitrogen and oxygen atoms in total. The SMILES string of the molecule is C=C(C)CCC(CO)Nc1nc(N)nc2cccnc12. The second-order valence-corrected chi connectivity index (χ2v) is 4.82. The minimum Gasteiger partial charge on any atom is -0.394 e. The van der Waals surface area contributed by atoms with Crippen LogP contribution in [0.25, 0.3) is 11.0 Å². The van der Waals surface area contributed by atoms with E-state index in [2.05, 4.69) is 26.8 Å². The lowest BCUT2D eigenvalue weighted by Crippen LogP contribution is -2.25. The number of pyridine rings is 1. The highest BCUT2D eigenvalue weighted by Crippen LogP contribution is 2.20. The van der Waals surface area contributed by atoms with Gasteiger partial charge in [-0.05, 0) is 31.9 Å². The first kappa shape index (κ1) is 14.2. The normalized spacial score (nSPS) is 12.3. The van der Waals surface area contributed by atoms with Crippen molar-refractivity contribution < 1.29 is 5.11 Å². The Morgan fingerprint density at radius 2 is 2.30 bits per heavy atom. The highest BCUT2D eigenvalue weighted by molar-refractivity contribution is 5.85. The first-order valence-corrected chi connectivity index (χ1v) is 6.50. The van der Waals surface area contributed by atoms with Gasteiger partial charge in [0.2, 0.25) is 5.95 Å². The van der Waals surface area contributed by atoms with Gasteiger partial charge in [0.05, 0.1) is 18.2 Å². The average molecular weight is 273 g/mol. The molecule has 0 bridgehead atoms. The van der Waals surface area contributed by atoms with Crippen LogP contribution < -0.4 is 11.1 Å². The summed E-state index contributed by atoms with van der Waals surface area (Å²) in [5.41, 5.74) is 8.10. The maximum atomic E-state index is 9.45. The van der Waals surface area contributed by atoms with E-state index in [4.69, 9.17) is 5.73 Å². The van der Waals surface area contributed by atoms with E-state index in [-0.39, 0.29) is 18.6 Å².